The van der Waals surface area contributed by atoms with Crippen LogP contribution in [0.25, 0.3) is 0 Å². The number of methoxy groups -OCH3 is 3. The number of halogens is 1. The Kier molecular flexibility index (Phi) is 7.15. The van der Waals surface area contributed by atoms with E-state index in [1.165, 1.54) is 0 Å². The molecular weight excluding hydrogens is 314 g/mol. The van der Waals surface area contributed by atoms with Gasteiger partial charge in [0.15, 0.2) is 11.5 Å². The third-order valence-corrected chi connectivity index (χ3v) is 3.35. The number of rotatable bonds is 8. The molecule has 0 aromatic heterocycles. The van der Waals surface area contributed by atoms with Gasteiger partial charge in [0, 0.05) is 24.7 Å². The van der Waals surface area contributed by atoms with Crippen LogP contribution in [0.5, 0.6) is 11.5 Å². The van der Waals surface area contributed by atoms with E-state index in [1.807, 2.05) is 12.1 Å². The molecule has 0 bridgehead atoms. The van der Waals surface area contributed by atoms with Crippen molar-refractivity contribution in [2.75, 3.05) is 34.5 Å². The Bertz CT molecular complexity index is 400. The average Bonchev–Trinajstić information content (AvgIpc) is 2.40. The molecule has 5 nitrogen and oxygen atoms in total. The SMILES string of the molecule is COCC(O)CNCc1cc(OC)c(OC)cc1Br. The van der Waals surface area contributed by atoms with Gasteiger partial charge in [-0.15, -0.1) is 0 Å². The van der Waals surface area contributed by atoms with Crippen LogP contribution in [-0.4, -0.2) is 45.7 Å². The zero-order valence-corrected chi connectivity index (χ0v) is 13.0. The van der Waals surface area contributed by atoms with Crippen molar-refractivity contribution in [2.45, 2.75) is 12.6 Å². The van der Waals surface area contributed by atoms with Crippen molar-refractivity contribution < 1.29 is 19.3 Å². The largest absolute Gasteiger partial charge is 0.493 e. The maximum Gasteiger partial charge on any atom is 0.161 e. The van der Waals surface area contributed by atoms with Crippen LogP contribution in [0.1, 0.15) is 5.56 Å². The molecular formula is C13H20BrNO4. The van der Waals surface area contributed by atoms with Crippen molar-refractivity contribution in [3.05, 3.63) is 22.2 Å². The van der Waals surface area contributed by atoms with Crippen LogP contribution in [0.15, 0.2) is 16.6 Å². The van der Waals surface area contributed by atoms with E-state index in [0.717, 1.165) is 10.0 Å². The van der Waals surface area contributed by atoms with Gasteiger partial charge in [0.25, 0.3) is 0 Å². The lowest BCUT2D eigenvalue weighted by molar-refractivity contribution is 0.0644. The van der Waals surface area contributed by atoms with Crippen LogP contribution < -0.4 is 14.8 Å². The van der Waals surface area contributed by atoms with Gasteiger partial charge in [0.05, 0.1) is 26.9 Å². The van der Waals surface area contributed by atoms with Crippen molar-refractivity contribution in [1.29, 1.82) is 0 Å². The zero-order chi connectivity index (χ0) is 14.3. The van der Waals surface area contributed by atoms with Crippen LogP contribution in [0.4, 0.5) is 0 Å². The third kappa shape index (κ3) is 4.99. The summed E-state index contributed by atoms with van der Waals surface area (Å²) in [5.41, 5.74) is 1.03. The summed E-state index contributed by atoms with van der Waals surface area (Å²) in [5.74, 6) is 1.36. The fourth-order valence-corrected chi connectivity index (χ4v) is 2.12. The fourth-order valence-electron chi connectivity index (χ4n) is 1.66. The molecule has 1 aromatic carbocycles. The predicted molar refractivity (Wildman–Crippen MR) is 76.8 cm³/mol. The molecule has 1 atom stereocenters. The highest BCUT2D eigenvalue weighted by molar-refractivity contribution is 9.10. The first-order valence-corrected chi connectivity index (χ1v) is 6.69. The van der Waals surface area contributed by atoms with Crippen molar-refractivity contribution in [2.24, 2.45) is 0 Å². The number of hydrogen-bond donors (Lipinski definition) is 2. The number of benzene rings is 1. The smallest absolute Gasteiger partial charge is 0.161 e. The molecule has 1 rings (SSSR count). The molecule has 2 N–H and O–H groups in total. The van der Waals surface area contributed by atoms with E-state index in [1.54, 1.807) is 21.3 Å². The maximum atomic E-state index is 9.54. The minimum absolute atomic E-state index is 0.320. The Morgan fingerprint density at radius 3 is 2.42 bits per heavy atom. The van der Waals surface area contributed by atoms with Crippen molar-refractivity contribution in [3.8, 4) is 11.5 Å². The van der Waals surface area contributed by atoms with E-state index in [2.05, 4.69) is 21.2 Å². The Hall–Kier alpha value is -0.820. The molecule has 0 aliphatic rings. The molecule has 0 aliphatic heterocycles. The number of aliphatic hydroxyl groups is 1. The van der Waals surface area contributed by atoms with Gasteiger partial charge in [-0.05, 0) is 17.7 Å². The highest BCUT2D eigenvalue weighted by atomic mass is 79.9. The Balaban J connectivity index is 2.63. The average molecular weight is 334 g/mol. The standard InChI is InChI=1S/C13H20BrNO4/c1-17-8-10(16)7-15-6-9-4-12(18-2)13(19-3)5-11(9)14/h4-5,10,15-16H,6-8H2,1-3H3. The summed E-state index contributed by atoms with van der Waals surface area (Å²) in [6.45, 7) is 1.40. The molecule has 1 aromatic rings. The monoisotopic (exact) mass is 333 g/mol. The van der Waals surface area contributed by atoms with Crippen molar-refractivity contribution in [1.82, 2.24) is 5.32 Å². The molecule has 108 valence electrons. The molecule has 0 radical (unpaired) electrons. The number of ether oxygens (including phenoxy) is 3. The first-order valence-electron chi connectivity index (χ1n) is 5.90. The highest BCUT2D eigenvalue weighted by Crippen LogP contribution is 2.33. The first kappa shape index (κ1) is 16.2. The lowest BCUT2D eigenvalue weighted by Crippen LogP contribution is -2.29. The van der Waals surface area contributed by atoms with E-state index in [4.69, 9.17) is 14.2 Å². The molecule has 0 heterocycles. The number of aliphatic hydroxyl groups excluding tert-OH is 1. The van der Waals surface area contributed by atoms with Crippen LogP contribution in [0.3, 0.4) is 0 Å². The summed E-state index contributed by atoms with van der Waals surface area (Å²) in [4.78, 5) is 0. The molecule has 0 amide bonds. The van der Waals surface area contributed by atoms with Crippen molar-refractivity contribution >= 4 is 15.9 Å². The summed E-state index contributed by atoms with van der Waals surface area (Å²) in [6.07, 6.45) is -0.510. The third-order valence-electron chi connectivity index (χ3n) is 2.61. The van der Waals surface area contributed by atoms with Gasteiger partial charge < -0.3 is 24.6 Å². The van der Waals surface area contributed by atoms with Gasteiger partial charge in [-0.1, -0.05) is 15.9 Å². The Morgan fingerprint density at radius 2 is 1.84 bits per heavy atom. The van der Waals surface area contributed by atoms with Crippen LogP contribution >= 0.6 is 15.9 Å². The van der Waals surface area contributed by atoms with E-state index in [9.17, 15) is 5.11 Å². The molecule has 0 saturated heterocycles. The molecule has 0 saturated carbocycles. The van der Waals surface area contributed by atoms with Crippen LogP contribution in [0.2, 0.25) is 0 Å². The Labute approximate surface area is 122 Å². The molecule has 0 aliphatic carbocycles. The van der Waals surface area contributed by atoms with Gasteiger partial charge in [0.1, 0.15) is 0 Å². The van der Waals surface area contributed by atoms with E-state index in [0.29, 0.717) is 31.2 Å². The van der Waals surface area contributed by atoms with Gasteiger partial charge >= 0.3 is 0 Å². The van der Waals surface area contributed by atoms with Gasteiger partial charge in [0.2, 0.25) is 0 Å². The second kappa shape index (κ2) is 8.37. The minimum Gasteiger partial charge on any atom is -0.493 e. The maximum absolute atomic E-state index is 9.54. The van der Waals surface area contributed by atoms with Gasteiger partial charge in [-0.3, -0.25) is 0 Å². The van der Waals surface area contributed by atoms with E-state index < -0.39 is 6.10 Å². The van der Waals surface area contributed by atoms with E-state index in [-0.39, 0.29) is 0 Å². The summed E-state index contributed by atoms with van der Waals surface area (Å²) in [7, 11) is 4.77. The lowest BCUT2D eigenvalue weighted by atomic mass is 10.2. The highest BCUT2D eigenvalue weighted by Gasteiger charge is 2.10. The second-order valence-corrected chi connectivity index (χ2v) is 4.89. The molecule has 0 fully saturated rings. The van der Waals surface area contributed by atoms with Crippen LogP contribution in [-0.2, 0) is 11.3 Å². The zero-order valence-electron chi connectivity index (χ0n) is 11.4. The quantitative estimate of drug-likeness (QED) is 0.756. The minimum atomic E-state index is -0.510. The predicted octanol–water partition coefficient (Wildman–Crippen LogP) is 1.56. The Morgan fingerprint density at radius 1 is 1.21 bits per heavy atom. The summed E-state index contributed by atoms with van der Waals surface area (Å²) < 4.78 is 16.3. The normalized spacial score (nSPS) is 12.3. The fraction of sp³-hybridized carbons (Fsp3) is 0.538. The van der Waals surface area contributed by atoms with Gasteiger partial charge in [-0.25, -0.2) is 0 Å². The summed E-state index contributed by atoms with van der Waals surface area (Å²) in [5, 5.41) is 12.7. The summed E-state index contributed by atoms with van der Waals surface area (Å²) >= 11 is 3.49. The topological polar surface area (TPSA) is 60.0 Å². The molecule has 1 unspecified atom stereocenters. The lowest BCUT2D eigenvalue weighted by Gasteiger charge is -2.14. The van der Waals surface area contributed by atoms with E-state index >= 15 is 0 Å². The van der Waals surface area contributed by atoms with Crippen molar-refractivity contribution in [3.63, 3.8) is 0 Å². The number of nitrogens with one attached hydrogen (secondary N) is 1. The first-order chi connectivity index (χ1) is 9.12. The molecule has 19 heavy (non-hydrogen) atoms. The molecule has 6 heteroatoms. The second-order valence-electron chi connectivity index (χ2n) is 4.04. The number of hydrogen-bond acceptors (Lipinski definition) is 5. The summed E-state index contributed by atoms with van der Waals surface area (Å²) in [6, 6.07) is 3.76. The van der Waals surface area contributed by atoms with Crippen LogP contribution in [0, 0.1) is 0 Å². The van der Waals surface area contributed by atoms with Gasteiger partial charge in [-0.2, -0.15) is 0 Å². The molecule has 0 spiro atoms.